The van der Waals surface area contributed by atoms with Gasteiger partial charge in [0.2, 0.25) is 0 Å². The van der Waals surface area contributed by atoms with E-state index in [4.69, 9.17) is 32.2 Å². The van der Waals surface area contributed by atoms with E-state index < -0.39 is 0 Å². The summed E-state index contributed by atoms with van der Waals surface area (Å²) in [5.41, 5.74) is 5.51. The third kappa shape index (κ3) is 4.11. The number of hydrogen-bond acceptors (Lipinski definition) is 4. The van der Waals surface area contributed by atoms with Crippen LogP contribution in [0.1, 0.15) is 6.92 Å². The maximum absolute atomic E-state index is 5.59. The molecular weight excluding hydrogens is 238 g/mol. The number of thiocarbonyl (C=S) groups is 1. The zero-order valence-electron chi connectivity index (χ0n) is 10.2. The molecule has 1 aromatic carbocycles. The summed E-state index contributed by atoms with van der Waals surface area (Å²) >= 11 is 4.88. The highest BCUT2D eigenvalue weighted by Gasteiger charge is 2.08. The van der Waals surface area contributed by atoms with E-state index in [-0.39, 0.29) is 5.92 Å². The minimum atomic E-state index is 0.0298. The Kier molecular flexibility index (Phi) is 5.03. The Morgan fingerprint density at radius 1 is 1.18 bits per heavy atom. The maximum Gasteiger partial charge on any atom is 0.126 e. The lowest BCUT2D eigenvalue weighted by Crippen LogP contribution is -2.24. The predicted octanol–water partition coefficient (Wildman–Crippen LogP) is 2.00. The van der Waals surface area contributed by atoms with Gasteiger partial charge in [-0.2, -0.15) is 0 Å². The average Bonchev–Trinajstić information content (AvgIpc) is 2.35. The van der Waals surface area contributed by atoms with Crippen LogP contribution in [0.5, 0.6) is 17.2 Å². The van der Waals surface area contributed by atoms with Gasteiger partial charge >= 0.3 is 0 Å². The Bertz CT molecular complexity index is 373. The summed E-state index contributed by atoms with van der Waals surface area (Å²) in [5.74, 6) is 2.07. The number of hydrogen-bond donors (Lipinski definition) is 1. The molecule has 0 radical (unpaired) electrons. The van der Waals surface area contributed by atoms with Gasteiger partial charge < -0.3 is 19.9 Å². The lowest BCUT2D eigenvalue weighted by molar-refractivity contribution is 0.289. The van der Waals surface area contributed by atoms with Gasteiger partial charge in [-0.1, -0.05) is 19.1 Å². The fourth-order valence-corrected chi connectivity index (χ4v) is 1.24. The Hall–Kier alpha value is -1.49. The van der Waals surface area contributed by atoms with Gasteiger partial charge in [-0.3, -0.25) is 0 Å². The summed E-state index contributed by atoms with van der Waals surface area (Å²) in [7, 11) is 3.19. The van der Waals surface area contributed by atoms with E-state index in [1.54, 1.807) is 32.4 Å². The average molecular weight is 255 g/mol. The van der Waals surface area contributed by atoms with Crippen molar-refractivity contribution in [3.8, 4) is 17.2 Å². The van der Waals surface area contributed by atoms with E-state index >= 15 is 0 Å². The summed E-state index contributed by atoms with van der Waals surface area (Å²) in [5, 5.41) is 0. The van der Waals surface area contributed by atoms with Crippen molar-refractivity contribution in [2.75, 3.05) is 20.8 Å². The van der Waals surface area contributed by atoms with Gasteiger partial charge in [0.05, 0.1) is 25.8 Å². The third-order valence-corrected chi connectivity index (χ3v) is 2.71. The number of benzene rings is 1. The largest absolute Gasteiger partial charge is 0.496 e. The van der Waals surface area contributed by atoms with Crippen molar-refractivity contribution in [3.63, 3.8) is 0 Å². The number of rotatable bonds is 6. The molecule has 0 aromatic heterocycles. The van der Waals surface area contributed by atoms with Crippen LogP contribution < -0.4 is 19.9 Å². The molecule has 0 aliphatic carbocycles. The van der Waals surface area contributed by atoms with Gasteiger partial charge in [0.1, 0.15) is 17.2 Å². The first-order valence-corrected chi connectivity index (χ1v) is 5.62. The molecule has 1 unspecified atom stereocenters. The lowest BCUT2D eigenvalue weighted by atomic mass is 10.2. The molecule has 0 spiro atoms. The topological polar surface area (TPSA) is 53.7 Å². The van der Waals surface area contributed by atoms with Crippen LogP contribution >= 0.6 is 12.2 Å². The summed E-state index contributed by atoms with van der Waals surface area (Å²) in [6.45, 7) is 2.35. The fourth-order valence-electron chi connectivity index (χ4n) is 1.17. The van der Waals surface area contributed by atoms with E-state index in [0.717, 1.165) is 0 Å². The summed E-state index contributed by atoms with van der Waals surface area (Å²) in [6.07, 6.45) is 0. The van der Waals surface area contributed by atoms with Crippen LogP contribution in [0.2, 0.25) is 0 Å². The second kappa shape index (κ2) is 6.30. The van der Waals surface area contributed by atoms with Crippen molar-refractivity contribution < 1.29 is 14.2 Å². The van der Waals surface area contributed by atoms with Gasteiger partial charge in [-0.25, -0.2) is 0 Å². The Morgan fingerprint density at radius 3 is 2.06 bits per heavy atom. The highest BCUT2D eigenvalue weighted by Crippen LogP contribution is 2.27. The number of methoxy groups -OCH3 is 2. The molecule has 0 saturated carbocycles. The van der Waals surface area contributed by atoms with E-state index in [1.165, 1.54) is 0 Å². The van der Waals surface area contributed by atoms with E-state index in [0.29, 0.717) is 28.8 Å². The molecule has 94 valence electrons. The van der Waals surface area contributed by atoms with Crippen molar-refractivity contribution in [1.29, 1.82) is 0 Å². The third-order valence-electron chi connectivity index (χ3n) is 2.31. The quantitative estimate of drug-likeness (QED) is 0.788. The second-order valence-corrected chi connectivity index (χ2v) is 4.13. The van der Waals surface area contributed by atoms with E-state index in [9.17, 15) is 0 Å². The van der Waals surface area contributed by atoms with Gasteiger partial charge in [0.15, 0.2) is 0 Å². The normalized spacial score (nSPS) is 11.7. The molecule has 0 bridgehead atoms. The molecule has 0 aliphatic heterocycles. The highest BCUT2D eigenvalue weighted by atomic mass is 32.1. The molecule has 4 nitrogen and oxygen atoms in total. The Balaban J connectivity index is 2.73. The molecular formula is C12H17NO3S. The molecule has 0 aliphatic rings. The molecule has 0 saturated heterocycles. The van der Waals surface area contributed by atoms with E-state index in [2.05, 4.69) is 0 Å². The van der Waals surface area contributed by atoms with Crippen LogP contribution in [0.15, 0.2) is 18.2 Å². The molecule has 1 rings (SSSR count). The predicted molar refractivity (Wildman–Crippen MR) is 71.0 cm³/mol. The van der Waals surface area contributed by atoms with Crippen molar-refractivity contribution in [2.24, 2.45) is 11.7 Å². The number of ether oxygens (including phenoxy) is 3. The highest BCUT2D eigenvalue weighted by molar-refractivity contribution is 7.80. The van der Waals surface area contributed by atoms with Crippen molar-refractivity contribution in [2.45, 2.75) is 6.92 Å². The smallest absolute Gasteiger partial charge is 0.126 e. The van der Waals surface area contributed by atoms with E-state index in [1.807, 2.05) is 6.92 Å². The Labute approximate surface area is 107 Å². The van der Waals surface area contributed by atoms with Crippen LogP contribution in [-0.2, 0) is 0 Å². The minimum Gasteiger partial charge on any atom is -0.496 e. The van der Waals surface area contributed by atoms with Crippen LogP contribution in [0, 0.1) is 5.92 Å². The first-order chi connectivity index (χ1) is 8.06. The molecule has 5 heteroatoms. The van der Waals surface area contributed by atoms with Gasteiger partial charge in [0.25, 0.3) is 0 Å². The number of nitrogens with two attached hydrogens (primary N) is 1. The van der Waals surface area contributed by atoms with Crippen LogP contribution in [-0.4, -0.2) is 25.8 Å². The van der Waals surface area contributed by atoms with Gasteiger partial charge in [-0.05, 0) is 0 Å². The van der Waals surface area contributed by atoms with Crippen molar-refractivity contribution in [3.05, 3.63) is 18.2 Å². The molecule has 0 amide bonds. The van der Waals surface area contributed by atoms with Crippen molar-refractivity contribution >= 4 is 17.2 Å². The fraction of sp³-hybridized carbons (Fsp3) is 0.417. The summed E-state index contributed by atoms with van der Waals surface area (Å²) < 4.78 is 15.9. The van der Waals surface area contributed by atoms with Crippen LogP contribution in [0.3, 0.4) is 0 Å². The maximum atomic E-state index is 5.59. The second-order valence-electron chi connectivity index (χ2n) is 3.66. The Morgan fingerprint density at radius 2 is 1.65 bits per heavy atom. The zero-order chi connectivity index (χ0) is 12.8. The molecule has 17 heavy (non-hydrogen) atoms. The summed E-state index contributed by atoms with van der Waals surface area (Å²) in [4.78, 5) is 0.444. The first-order valence-electron chi connectivity index (χ1n) is 5.22. The molecule has 0 fully saturated rings. The molecule has 1 atom stereocenters. The summed E-state index contributed by atoms with van der Waals surface area (Å²) in [6, 6.07) is 5.35. The molecule has 2 N–H and O–H groups in total. The van der Waals surface area contributed by atoms with Gasteiger partial charge in [-0.15, -0.1) is 0 Å². The lowest BCUT2D eigenvalue weighted by Gasteiger charge is -2.13. The van der Waals surface area contributed by atoms with Gasteiger partial charge in [0, 0.05) is 24.1 Å². The molecule has 0 heterocycles. The standard InChI is InChI=1S/C12H17NO3S/c1-8(12(13)17)7-16-11-5-9(14-2)4-10(6-11)15-3/h4-6,8H,7H2,1-3H3,(H2,13,17). The van der Waals surface area contributed by atoms with Crippen molar-refractivity contribution in [1.82, 2.24) is 0 Å². The van der Waals surface area contributed by atoms with Crippen LogP contribution in [0.4, 0.5) is 0 Å². The first kappa shape index (κ1) is 13.6. The van der Waals surface area contributed by atoms with Crippen LogP contribution in [0.25, 0.3) is 0 Å². The molecule has 1 aromatic rings. The SMILES string of the molecule is COc1cc(OC)cc(OCC(C)C(N)=S)c1. The minimum absolute atomic E-state index is 0.0298. The zero-order valence-corrected chi connectivity index (χ0v) is 11.0. The monoisotopic (exact) mass is 255 g/mol.